The summed E-state index contributed by atoms with van der Waals surface area (Å²) in [4.78, 5) is 36.1. The Balaban J connectivity index is 0.000000516. The van der Waals surface area contributed by atoms with Crippen molar-refractivity contribution < 1.29 is 44.3 Å². The second-order valence-electron chi connectivity index (χ2n) is 11.6. The summed E-state index contributed by atoms with van der Waals surface area (Å²) in [6.07, 6.45) is 6.71. The third-order valence-electron chi connectivity index (χ3n) is 9.34. The van der Waals surface area contributed by atoms with E-state index in [-0.39, 0.29) is 42.7 Å². The number of hydrogen-bond acceptors (Lipinski definition) is 9. The lowest BCUT2D eigenvalue weighted by molar-refractivity contribution is -0.182. The fraction of sp³-hybridized carbons (Fsp3) is 0.767. The molecule has 0 bridgehead atoms. The molecule has 222 valence electrons. The van der Waals surface area contributed by atoms with Crippen LogP contribution in [0.15, 0.2) is 23.8 Å². The predicted octanol–water partition coefficient (Wildman–Crippen LogP) is 2.39. The highest BCUT2D eigenvalue weighted by atomic mass is 16.5. The van der Waals surface area contributed by atoms with Crippen LogP contribution in [0.2, 0.25) is 0 Å². The van der Waals surface area contributed by atoms with Gasteiger partial charge in [0.1, 0.15) is 5.60 Å². The van der Waals surface area contributed by atoms with Gasteiger partial charge in [0.2, 0.25) is 5.78 Å². The molecule has 3 saturated carbocycles. The van der Waals surface area contributed by atoms with Crippen LogP contribution in [-0.2, 0) is 23.9 Å². The zero-order valence-electron chi connectivity index (χ0n) is 24.3. The fourth-order valence-electron chi connectivity index (χ4n) is 7.70. The van der Waals surface area contributed by atoms with Gasteiger partial charge in [-0.2, -0.15) is 0 Å². The minimum absolute atomic E-state index is 0.00535. The van der Waals surface area contributed by atoms with Crippen LogP contribution in [0.4, 0.5) is 0 Å². The first-order valence-corrected chi connectivity index (χ1v) is 14.1. The minimum Gasteiger partial charge on any atom is -0.458 e. The first kappa shape index (κ1) is 33.3. The SMILES string of the molecule is CC(=O)OCC(=O)[C@@]1(O)CC[C@H]2[C@@H]3C[C@H](C)C4=CC(=O)C=C[C@]4(C)[C@H]3[C@@H](O)C[C@@]21C.CCOCC.OCCO. The largest absolute Gasteiger partial charge is 0.458 e. The Morgan fingerprint density at radius 1 is 1.13 bits per heavy atom. The van der Waals surface area contributed by atoms with Gasteiger partial charge in [-0.25, -0.2) is 0 Å². The Kier molecular flexibility index (Phi) is 11.6. The molecule has 3 fully saturated rings. The molecule has 0 spiro atoms. The summed E-state index contributed by atoms with van der Waals surface area (Å²) in [7, 11) is 0. The predicted molar refractivity (Wildman–Crippen MR) is 145 cm³/mol. The molecule has 0 aliphatic heterocycles. The third-order valence-corrected chi connectivity index (χ3v) is 9.34. The molecule has 0 amide bonds. The van der Waals surface area contributed by atoms with E-state index in [2.05, 4.69) is 13.8 Å². The van der Waals surface area contributed by atoms with Gasteiger partial charge in [0, 0.05) is 36.9 Å². The van der Waals surface area contributed by atoms with Crippen LogP contribution in [0.5, 0.6) is 0 Å². The summed E-state index contributed by atoms with van der Waals surface area (Å²) in [5.74, 6) is -0.712. The van der Waals surface area contributed by atoms with Crippen molar-refractivity contribution in [1.82, 2.24) is 0 Å². The van der Waals surface area contributed by atoms with Crippen LogP contribution in [0.1, 0.15) is 67.2 Å². The van der Waals surface area contributed by atoms with Gasteiger partial charge in [-0.05, 0) is 69.4 Å². The van der Waals surface area contributed by atoms with Crippen molar-refractivity contribution in [2.45, 2.75) is 78.9 Å². The van der Waals surface area contributed by atoms with Crippen LogP contribution in [0.3, 0.4) is 0 Å². The maximum absolute atomic E-state index is 12.9. The van der Waals surface area contributed by atoms with Crippen LogP contribution < -0.4 is 0 Å². The summed E-state index contributed by atoms with van der Waals surface area (Å²) in [6.45, 7) is 12.4. The van der Waals surface area contributed by atoms with Crippen molar-refractivity contribution in [2.24, 2.45) is 34.5 Å². The molecule has 8 atom stereocenters. The first-order valence-electron chi connectivity index (χ1n) is 14.1. The van der Waals surface area contributed by atoms with E-state index in [1.807, 2.05) is 26.8 Å². The van der Waals surface area contributed by atoms with Gasteiger partial charge < -0.3 is 29.9 Å². The first-order chi connectivity index (χ1) is 18.3. The van der Waals surface area contributed by atoms with Crippen LogP contribution in [0, 0.1) is 34.5 Å². The number of allylic oxidation sites excluding steroid dienone is 4. The Labute approximate surface area is 232 Å². The molecule has 0 aromatic heterocycles. The molecule has 0 unspecified atom stereocenters. The number of ketones is 2. The van der Waals surface area contributed by atoms with Crippen molar-refractivity contribution in [3.8, 4) is 0 Å². The van der Waals surface area contributed by atoms with Crippen molar-refractivity contribution in [2.75, 3.05) is 33.0 Å². The Morgan fingerprint density at radius 2 is 1.74 bits per heavy atom. The molecule has 4 N–H and O–H groups in total. The lowest BCUT2D eigenvalue weighted by atomic mass is 9.45. The van der Waals surface area contributed by atoms with Crippen LogP contribution >= 0.6 is 0 Å². The Morgan fingerprint density at radius 3 is 2.26 bits per heavy atom. The molecule has 4 rings (SSSR count). The second kappa shape index (κ2) is 13.6. The number of Topliss-reactive ketones (excluding diaryl/α,β-unsaturated/α-hetero) is 1. The van der Waals surface area contributed by atoms with Gasteiger partial charge in [-0.1, -0.05) is 32.4 Å². The topological polar surface area (TPSA) is 151 Å². The number of fused-ring (bicyclic) bond motifs is 5. The number of hydrogen-bond donors (Lipinski definition) is 4. The quantitative estimate of drug-likeness (QED) is 0.364. The van der Waals surface area contributed by atoms with Gasteiger partial charge in [0.25, 0.3) is 0 Å². The van der Waals surface area contributed by atoms with Crippen molar-refractivity contribution in [3.63, 3.8) is 0 Å². The number of carbonyl (C=O) groups is 3. The molecular formula is C30H48O9. The highest BCUT2D eigenvalue weighted by Gasteiger charge is 2.68. The molecule has 39 heavy (non-hydrogen) atoms. The van der Waals surface area contributed by atoms with Crippen LogP contribution in [-0.4, -0.2) is 82.7 Å². The standard InChI is InChI=1S/C24H32O6.C4H10O.C2H6O2/c1-13-9-16-17-6-8-24(29,20(28)12-30-14(2)25)23(17,4)11-19(27)21(16)22(3)7-5-15(26)10-18(13)22;1-3-5-4-2;3-1-2-4/h5,7,10,13,16-17,19,21,27,29H,6,8-9,11-12H2,1-4H3;3-4H2,1-2H3;3-4H,1-2H2/t13-,16-,17-,19-,21+,22-,23-,24-;;/m0../s1. The molecule has 9 nitrogen and oxygen atoms in total. The molecular weight excluding hydrogens is 504 g/mol. The minimum atomic E-state index is -1.61. The average molecular weight is 553 g/mol. The normalized spacial score (nSPS) is 38.1. The smallest absolute Gasteiger partial charge is 0.303 e. The lowest BCUT2D eigenvalue weighted by Crippen LogP contribution is -2.62. The average Bonchev–Trinajstić information content (AvgIpc) is 3.15. The Hall–Kier alpha value is -1.91. The molecule has 4 aliphatic rings. The van der Waals surface area contributed by atoms with E-state index in [0.717, 1.165) is 25.2 Å². The monoisotopic (exact) mass is 552 g/mol. The van der Waals surface area contributed by atoms with E-state index < -0.39 is 40.9 Å². The Bertz CT molecular complexity index is 939. The molecule has 0 saturated heterocycles. The molecule has 4 aliphatic carbocycles. The van der Waals surface area contributed by atoms with Crippen molar-refractivity contribution in [1.29, 1.82) is 0 Å². The summed E-state index contributed by atoms with van der Waals surface area (Å²) < 4.78 is 9.73. The van der Waals surface area contributed by atoms with Crippen molar-refractivity contribution in [3.05, 3.63) is 23.8 Å². The zero-order chi connectivity index (χ0) is 29.6. The van der Waals surface area contributed by atoms with Gasteiger partial charge in [0.05, 0.1) is 19.3 Å². The number of rotatable bonds is 6. The number of aliphatic hydroxyl groups excluding tert-OH is 3. The van der Waals surface area contributed by atoms with E-state index in [9.17, 15) is 24.6 Å². The number of esters is 1. The van der Waals surface area contributed by atoms with Crippen molar-refractivity contribution >= 4 is 17.5 Å². The number of ether oxygens (including phenoxy) is 2. The number of carbonyl (C=O) groups excluding carboxylic acids is 3. The third kappa shape index (κ3) is 6.54. The molecule has 0 radical (unpaired) electrons. The summed E-state index contributed by atoms with van der Waals surface area (Å²) in [5, 5.41) is 38.1. The zero-order valence-corrected chi connectivity index (χ0v) is 24.3. The highest BCUT2D eigenvalue weighted by Crippen LogP contribution is 2.67. The van der Waals surface area contributed by atoms with Gasteiger partial charge in [-0.15, -0.1) is 0 Å². The molecule has 0 aromatic carbocycles. The van der Waals surface area contributed by atoms with Gasteiger partial charge >= 0.3 is 5.97 Å². The van der Waals surface area contributed by atoms with E-state index in [0.29, 0.717) is 19.3 Å². The molecule has 0 heterocycles. The summed E-state index contributed by atoms with van der Waals surface area (Å²) in [6, 6.07) is 0. The van der Waals surface area contributed by atoms with Gasteiger partial charge in [0.15, 0.2) is 12.4 Å². The maximum atomic E-state index is 12.9. The molecule has 9 heteroatoms. The summed E-state index contributed by atoms with van der Waals surface area (Å²) in [5.41, 5.74) is -1.72. The highest BCUT2D eigenvalue weighted by molar-refractivity contribution is 6.01. The molecule has 0 aromatic rings. The lowest BCUT2D eigenvalue weighted by Gasteiger charge is -2.60. The second-order valence-corrected chi connectivity index (χ2v) is 11.6. The van der Waals surface area contributed by atoms with E-state index >= 15 is 0 Å². The fourth-order valence-corrected chi connectivity index (χ4v) is 7.70. The summed E-state index contributed by atoms with van der Waals surface area (Å²) >= 11 is 0. The maximum Gasteiger partial charge on any atom is 0.303 e. The number of aliphatic hydroxyl groups is 4. The van der Waals surface area contributed by atoms with Crippen LogP contribution in [0.25, 0.3) is 0 Å². The van der Waals surface area contributed by atoms with E-state index in [1.54, 1.807) is 12.2 Å². The van der Waals surface area contributed by atoms with E-state index in [1.165, 1.54) is 6.92 Å². The van der Waals surface area contributed by atoms with E-state index in [4.69, 9.17) is 19.7 Å². The van der Waals surface area contributed by atoms with Gasteiger partial charge in [-0.3, -0.25) is 14.4 Å².